The molecule has 6 N–H and O–H groups in total. The van der Waals surface area contributed by atoms with Crippen molar-refractivity contribution in [2.24, 2.45) is 0 Å². The van der Waals surface area contributed by atoms with Gasteiger partial charge in [-0.3, -0.25) is 14.8 Å². The summed E-state index contributed by atoms with van der Waals surface area (Å²) in [6.07, 6.45) is 1.20. The number of fused-ring (bicyclic) bond motifs is 1. The number of aromatic amines is 2. The number of nitrogens with zero attached hydrogens (tertiary/aromatic N) is 2. The van der Waals surface area contributed by atoms with Crippen LogP contribution in [0.15, 0.2) is 34.1 Å². The van der Waals surface area contributed by atoms with Crippen LogP contribution in [0.3, 0.4) is 0 Å². The molecule has 1 aromatic carbocycles. The summed E-state index contributed by atoms with van der Waals surface area (Å²) in [6.45, 7) is 2.33. The molecule has 2 heterocycles. The van der Waals surface area contributed by atoms with E-state index in [2.05, 4.69) is 20.3 Å². The smallest absolute Gasteiger partial charge is 0.327 e. The van der Waals surface area contributed by atoms with E-state index in [4.69, 9.17) is 0 Å². The van der Waals surface area contributed by atoms with Crippen LogP contribution in [0.2, 0.25) is 0 Å². The molecular formula is C17H21N5O5. The maximum absolute atomic E-state index is 11.9. The number of rotatable bonds is 7. The Morgan fingerprint density at radius 2 is 2.00 bits per heavy atom. The number of aromatic hydroxyl groups is 2. The van der Waals surface area contributed by atoms with E-state index in [0.717, 1.165) is 5.56 Å². The lowest BCUT2D eigenvalue weighted by molar-refractivity contribution is 0.149. The molecule has 0 saturated heterocycles. The quantitative estimate of drug-likeness (QED) is 0.301. The van der Waals surface area contributed by atoms with Crippen molar-refractivity contribution in [3.63, 3.8) is 0 Å². The fourth-order valence-corrected chi connectivity index (χ4v) is 2.90. The summed E-state index contributed by atoms with van der Waals surface area (Å²) in [5.41, 5.74) is 0.0162. The molecule has 2 unspecified atom stereocenters. The fourth-order valence-electron chi connectivity index (χ4n) is 2.90. The Kier molecular flexibility index (Phi) is 5.28. The maximum atomic E-state index is 11.9. The lowest BCUT2D eigenvalue weighted by atomic mass is 10.1. The molecule has 2 aromatic heterocycles. The maximum Gasteiger partial charge on any atom is 0.327 e. The van der Waals surface area contributed by atoms with E-state index >= 15 is 0 Å². The van der Waals surface area contributed by atoms with Crippen LogP contribution in [0.25, 0.3) is 11.2 Å². The molecule has 0 amide bonds. The summed E-state index contributed by atoms with van der Waals surface area (Å²) in [7, 11) is 0. The average Bonchev–Trinajstić information content (AvgIpc) is 2.99. The highest BCUT2D eigenvalue weighted by molar-refractivity contribution is 5.68. The molecule has 144 valence electrons. The molecule has 0 aliphatic carbocycles. The lowest BCUT2D eigenvalue weighted by Gasteiger charge is -2.18. The molecule has 0 saturated carbocycles. The van der Waals surface area contributed by atoms with Crippen molar-refractivity contribution in [1.82, 2.24) is 24.8 Å². The number of aliphatic hydroxyl groups is 1. The lowest BCUT2D eigenvalue weighted by Crippen LogP contribution is -2.37. The molecule has 0 aliphatic heterocycles. The monoisotopic (exact) mass is 375 g/mol. The molecule has 0 bridgehead atoms. The van der Waals surface area contributed by atoms with Crippen molar-refractivity contribution in [1.29, 1.82) is 0 Å². The minimum atomic E-state index is -0.788. The highest BCUT2D eigenvalue weighted by Crippen LogP contribution is 2.25. The number of nitrogens with one attached hydrogen (secondary N) is 3. The number of aromatic nitrogens is 4. The van der Waals surface area contributed by atoms with Crippen LogP contribution in [-0.4, -0.2) is 53.5 Å². The first-order valence-corrected chi connectivity index (χ1v) is 8.43. The van der Waals surface area contributed by atoms with Gasteiger partial charge >= 0.3 is 5.69 Å². The summed E-state index contributed by atoms with van der Waals surface area (Å²) in [6, 6.07) is 4.64. The first-order chi connectivity index (χ1) is 12.8. The van der Waals surface area contributed by atoms with Gasteiger partial charge in [-0.2, -0.15) is 0 Å². The van der Waals surface area contributed by atoms with Gasteiger partial charge in [-0.25, -0.2) is 9.78 Å². The molecule has 10 nitrogen and oxygen atoms in total. The third-order valence-electron chi connectivity index (χ3n) is 4.20. The number of benzene rings is 1. The van der Waals surface area contributed by atoms with E-state index in [1.54, 1.807) is 6.07 Å². The van der Waals surface area contributed by atoms with Gasteiger partial charge in [0.1, 0.15) is 0 Å². The van der Waals surface area contributed by atoms with Crippen molar-refractivity contribution in [3.05, 3.63) is 50.9 Å². The number of H-pyrrole nitrogens is 2. The Labute approximate surface area is 153 Å². The molecule has 27 heavy (non-hydrogen) atoms. The number of hydrogen-bond acceptors (Lipinski definition) is 7. The van der Waals surface area contributed by atoms with Gasteiger partial charge in [-0.15, -0.1) is 0 Å². The van der Waals surface area contributed by atoms with Crippen LogP contribution in [0.4, 0.5) is 0 Å². The number of phenolic OH excluding ortho intramolecular Hbond substituents is 2. The van der Waals surface area contributed by atoms with Crippen LogP contribution < -0.4 is 16.6 Å². The molecule has 3 rings (SSSR count). The number of hydrogen-bond donors (Lipinski definition) is 6. The van der Waals surface area contributed by atoms with Crippen LogP contribution in [0.5, 0.6) is 11.5 Å². The zero-order valence-corrected chi connectivity index (χ0v) is 14.6. The predicted molar refractivity (Wildman–Crippen MR) is 97.9 cm³/mol. The second kappa shape index (κ2) is 7.64. The zero-order chi connectivity index (χ0) is 19.6. The van der Waals surface area contributed by atoms with Gasteiger partial charge in [0.25, 0.3) is 5.56 Å². The van der Waals surface area contributed by atoms with Crippen LogP contribution >= 0.6 is 0 Å². The Bertz CT molecular complexity index is 1050. The Morgan fingerprint density at radius 1 is 1.22 bits per heavy atom. The second-order valence-corrected chi connectivity index (χ2v) is 6.49. The minimum Gasteiger partial charge on any atom is -0.504 e. The average molecular weight is 375 g/mol. The Balaban J connectivity index is 1.58. The largest absolute Gasteiger partial charge is 0.504 e. The molecule has 0 spiro atoms. The van der Waals surface area contributed by atoms with Gasteiger partial charge in [-0.1, -0.05) is 6.07 Å². The van der Waals surface area contributed by atoms with E-state index in [-0.39, 0.29) is 41.8 Å². The number of imidazole rings is 1. The Hall–Kier alpha value is -3.11. The van der Waals surface area contributed by atoms with Gasteiger partial charge < -0.3 is 25.2 Å². The van der Waals surface area contributed by atoms with Crippen molar-refractivity contribution in [2.45, 2.75) is 32.0 Å². The van der Waals surface area contributed by atoms with E-state index < -0.39 is 17.4 Å². The fraction of sp³-hybridized carbons (Fsp3) is 0.353. The minimum absolute atomic E-state index is 0.00267. The molecule has 10 heteroatoms. The standard InChI is InChI=1S/C17H21N5O5/c1-9(4-10-2-3-12(24)13(25)5-10)18-6-11(23)7-22-8-19-15-14(22)16(26)21-17(27)20-15/h2-3,5,8-9,11,18,23-25H,4,6-7H2,1H3,(H2,20,21,26,27). The first kappa shape index (κ1) is 18.7. The van der Waals surface area contributed by atoms with Crippen molar-refractivity contribution < 1.29 is 15.3 Å². The van der Waals surface area contributed by atoms with Crippen LogP contribution in [0, 0.1) is 0 Å². The molecular weight excluding hydrogens is 354 g/mol. The highest BCUT2D eigenvalue weighted by Gasteiger charge is 2.13. The first-order valence-electron chi connectivity index (χ1n) is 8.43. The molecule has 0 aliphatic rings. The topological polar surface area (TPSA) is 156 Å². The van der Waals surface area contributed by atoms with Crippen molar-refractivity contribution in [2.75, 3.05) is 6.54 Å². The summed E-state index contributed by atoms with van der Waals surface area (Å²) in [4.78, 5) is 31.7. The molecule has 3 aromatic rings. The highest BCUT2D eigenvalue weighted by atomic mass is 16.3. The zero-order valence-electron chi connectivity index (χ0n) is 14.6. The summed E-state index contributed by atoms with van der Waals surface area (Å²) >= 11 is 0. The summed E-state index contributed by atoms with van der Waals surface area (Å²) in [5.74, 6) is -0.339. The number of aliphatic hydroxyl groups excluding tert-OH is 1. The third-order valence-corrected chi connectivity index (χ3v) is 4.20. The molecule has 0 radical (unpaired) electrons. The normalized spacial score (nSPS) is 13.7. The van der Waals surface area contributed by atoms with Crippen LogP contribution in [0.1, 0.15) is 12.5 Å². The van der Waals surface area contributed by atoms with E-state index in [9.17, 15) is 24.9 Å². The van der Waals surface area contributed by atoms with Gasteiger partial charge in [0.2, 0.25) is 0 Å². The van der Waals surface area contributed by atoms with E-state index in [0.29, 0.717) is 6.42 Å². The van der Waals surface area contributed by atoms with Gasteiger partial charge in [0.05, 0.1) is 19.0 Å². The van der Waals surface area contributed by atoms with E-state index in [1.807, 2.05) is 6.92 Å². The van der Waals surface area contributed by atoms with Gasteiger partial charge in [0.15, 0.2) is 22.7 Å². The van der Waals surface area contributed by atoms with Gasteiger partial charge in [0, 0.05) is 12.6 Å². The Morgan fingerprint density at radius 3 is 2.74 bits per heavy atom. The second-order valence-electron chi connectivity index (χ2n) is 6.49. The van der Waals surface area contributed by atoms with Gasteiger partial charge in [-0.05, 0) is 31.0 Å². The predicted octanol–water partition coefficient (Wildman–Crippen LogP) is -0.594. The van der Waals surface area contributed by atoms with Crippen molar-refractivity contribution in [3.8, 4) is 11.5 Å². The number of phenols is 2. The molecule has 2 atom stereocenters. The van der Waals surface area contributed by atoms with E-state index in [1.165, 1.54) is 23.0 Å². The third kappa shape index (κ3) is 4.36. The van der Waals surface area contributed by atoms with Crippen LogP contribution in [-0.2, 0) is 13.0 Å². The summed E-state index contributed by atoms with van der Waals surface area (Å²) < 4.78 is 1.49. The van der Waals surface area contributed by atoms with Crippen molar-refractivity contribution >= 4 is 11.2 Å². The SMILES string of the molecule is CC(Cc1ccc(O)c(O)c1)NCC(O)Cn1cnc2[nH]c(=O)[nH]c(=O)c21. The summed E-state index contributed by atoms with van der Waals surface area (Å²) in [5, 5.41) is 32.3. The molecule has 0 fully saturated rings.